The summed E-state index contributed by atoms with van der Waals surface area (Å²) in [6.07, 6.45) is 0.121. The second kappa shape index (κ2) is 8.87. The molecule has 1 aromatic carbocycles. The van der Waals surface area contributed by atoms with E-state index in [4.69, 9.17) is 16.3 Å². The number of hydrogen-bond donors (Lipinski definition) is 0. The van der Waals surface area contributed by atoms with E-state index in [1.165, 1.54) is 0 Å². The van der Waals surface area contributed by atoms with E-state index >= 15 is 0 Å². The summed E-state index contributed by atoms with van der Waals surface area (Å²) in [6.45, 7) is 2.01. The zero-order valence-corrected chi connectivity index (χ0v) is 12.8. The SMILES string of the molecule is CCOC(=O)CCC(=O)CS(=O)Cc1ccc(Cl)cc1. The Kier molecular flexibility index (Phi) is 7.47. The van der Waals surface area contributed by atoms with Gasteiger partial charge in [-0.25, -0.2) is 0 Å². The number of halogens is 1. The lowest BCUT2D eigenvalue weighted by Gasteiger charge is -2.03. The molecule has 6 heteroatoms. The zero-order valence-electron chi connectivity index (χ0n) is 11.3. The summed E-state index contributed by atoms with van der Waals surface area (Å²) in [5, 5.41) is 0.616. The van der Waals surface area contributed by atoms with Gasteiger partial charge in [0.25, 0.3) is 0 Å². The summed E-state index contributed by atoms with van der Waals surface area (Å²) >= 11 is 5.76. The summed E-state index contributed by atoms with van der Waals surface area (Å²) in [7, 11) is -1.27. The lowest BCUT2D eigenvalue weighted by molar-refractivity contribution is -0.144. The molecule has 1 atom stereocenters. The first-order valence-electron chi connectivity index (χ1n) is 6.28. The molecule has 0 heterocycles. The molecule has 0 fully saturated rings. The number of carbonyl (C=O) groups is 2. The van der Waals surface area contributed by atoms with Crippen molar-refractivity contribution in [1.29, 1.82) is 0 Å². The van der Waals surface area contributed by atoms with E-state index in [0.717, 1.165) is 5.56 Å². The van der Waals surface area contributed by atoms with Crippen molar-refractivity contribution in [2.45, 2.75) is 25.5 Å². The summed E-state index contributed by atoms with van der Waals surface area (Å²) in [5.41, 5.74) is 0.867. The summed E-state index contributed by atoms with van der Waals surface area (Å²) in [6, 6.07) is 7.00. The van der Waals surface area contributed by atoms with Crippen LogP contribution in [0.4, 0.5) is 0 Å². The highest BCUT2D eigenvalue weighted by Crippen LogP contribution is 2.11. The first kappa shape index (κ1) is 16.9. The van der Waals surface area contributed by atoms with Crippen molar-refractivity contribution >= 4 is 34.2 Å². The van der Waals surface area contributed by atoms with Crippen LogP contribution in [-0.2, 0) is 30.9 Å². The first-order valence-corrected chi connectivity index (χ1v) is 8.14. The van der Waals surface area contributed by atoms with Crippen molar-refractivity contribution in [2.75, 3.05) is 12.4 Å². The minimum atomic E-state index is -1.27. The predicted molar refractivity (Wildman–Crippen MR) is 79.0 cm³/mol. The summed E-state index contributed by atoms with van der Waals surface area (Å²) in [4.78, 5) is 22.7. The van der Waals surface area contributed by atoms with Crippen LogP contribution >= 0.6 is 11.6 Å². The normalized spacial score (nSPS) is 11.9. The van der Waals surface area contributed by atoms with E-state index < -0.39 is 16.8 Å². The monoisotopic (exact) mass is 316 g/mol. The minimum Gasteiger partial charge on any atom is -0.466 e. The molecule has 4 nitrogen and oxygen atoms in total. The average molecular weight is 317 g/mol. The average Bonchev–Trinajstić information content (AvgIpc) is 2.39. The molecule has 0 spiro atoms. The standard InChI is InChI=1S/C14H17ClO4S/c1-2-19-14(17)8-7-13(16)10-20(18)9-11-3-5-12(15)6-4-11/h3-6H,2,7-10H2,1H3. The molecule has 0 saturated carbocycles. The van der Waals surface area contributed by atoms with E-state index in [1.54, 1.807) is 31.2 Å². The molecule has 0 radical (unpaired) electrons. The van der Waals surface area contributed by atoms with Gasteiger partial charge in [-0.05, 0) is 24.6 Å². The van der Waals surface area contributed by atoms with Crippen molar-refractivity contribution in [3.05, 3.63) is 34.9 Å². The first-order chi connectivity index (χ1) is 9.51. The highest BCUT2D eigenvalue weighted by molar-refractivity contribution is 7.84. The van der Waals surface area contributed by atoms with Gasteiger partial charge < -0.3 is 4.74 Å². The number of ether oxygens (including phenoxy) is 1. The molecule has 0 aliphatic rings. The number of hydrogen-bond acceptors (Lipinski definition) is 4. The Morgan fingerprint density at radius 3 is 2.45 bits per heavy atom. The Morgan fingerprint density at radius 1 is 1.20 bits per heavy atom. The molecule has 1 unspecified atom stereocenters. The second-order valence-corrected chi connectivity index (χ2v) is 6.09. The van der Waals surface area contributed by atoms with Crippen LogP contribution in [-0.4, -0.2) is 28.3 Å². The van der Waals surface area contributed by atoms with Crippen molar-refractivity contribution in [3.63, 3.8) is 0 Å². The largest absolute Gasteiger partial charge is 0.466 e. The molecule has 110 valence electrons. The zero-order chi connectivity index (χ0) is 15.0. The van der Waals surface area contributed by atoms with Gasteiger partial charge in [0.2, 0.25) is 0 Å². The maximum atomic E-state index is 11.8. The molecule has 0 N–H and O–H groups in total. The third kappa shape index (κ3) is 6.82. The molecule has 20 heavy (non-hydrogen) atoms. The van der Waals surface area contributed by atoms with Gasteiger partial charge >= 0.3 is 5.97 Å². The van der Waals surface area contributed by atoms with Gasteiger partial charge in [0.1, 0.15) is 5.78 Å². The van der Waals surface area contributed by atoms with Crippen molar-refractivity contribution < 1.29 is 18.5 Å². The number of benzene rings is 1. The number of Topliss-reactive ketones (excluding diaryl/α,β-unsaturated/α-hetero) is 1. The van der Waals surface area contributed by atoms with Gasteiger partial charge in [-0.1, -0.05) is 23.7 Å². The maximum Gasteiger partial charge on any atom is 0.306 e. The van der Waals surface area contributed by atoms with Crippen LogP contribution in [0.25, 0.3) is 0 Å². The van der Waals surface area contributed by atoms with Gasteiger partial charge in [0, 0.05) is 28.0 Å². The van der Waals surface area contributed by atoms with Crippen LogP contribution in [0, 0.1) is 0 Å². The number of esters is 1. The third-order valence-corrected chi connectivity index (χ3v) is 4.03. The molecule has 0 aliphatic carbocycles. The van der Waals surface area contributed by atoms with Gasteiger partial charge in [0.05, 0.1) is 18.8 Å². The van der Waals surface area contributed by atoms with Gasteiger partial charge in [-0.2, -0.15) is 0 Å². The molecule has 0 bridgehead atoms. The second-order valence-electron chi connectivity index (χ2n) is 4.20. The summed E-state index contributed by atoms with van der Waals surface area (Å²) < 4.78 is 16.5. The fourth-order valence-electron chi connectivity index (χ4n) is 1.54. The van der Waals surface area contributed by atoms with E-state index in [2.05, 4.69) is 0 Å². The van der Waals surface area contributed by atoms with Gasteiger partial charge in [-0.15, -0.1) is 0 Å². The quantitative estimate of drug-likeness (QED) is 0.691. The Hall–Kier alpha value is -1.20. The number of ketones is 1. The highest BCUT2D eigenvalue weighted by Gasteiger charge is 2.11. The van der Waals surface area contributed by atoms with Crippen LogP contribution in [0.15, 0.2) is 24.3 Å². The molecule has 0 aromatic heterocycles. The van der Waals surface area contributed by atoms with E-state index in [0.29, 0.717) is 17.4 Å². The van der Waals surface area contributed by atoms with E-state index in [-0.39, 0.29) is 24.4 Å². The van der Waals surface area contributed by atoms with Crippen LogP contribution in [0.3, 0.4) is 0 Å². The molecule has 0 amide bonds. The molecule has 0 saturated heterocycles. The smallest absolute Gasteiger partial charge is 0.306 e. The Labute approximate surface area is 125 Å². The van der Waals surface area contributed by atoms with Crippen molar-refractivity contribution in [1.82, 2.24) is 0 Å². The number of rotatable bonds is 8. The number of carbonyl (C=O) groups excluding carboxylic acids is 2. The Balaban J connectivity index is 2.33. The Bertz CT molecular complexity index is 484. The fraction of sp³-hybridized carbons (Fsp3) is 0.429. The topological polar surface area (TPSA) is 60.4 Å². The fourth-order valence-corrected chi connectivity index (χ4v) is 2.84. The Morgan fingerprint density at radius 2 is 1.85 bits per heavy atom. The molecular formula is C14H17ClO4S. The van der Waals surface area contributed by atoms with Crippen LogP contribution in [0.1, 0.15) is 25.3 Å². The van der Waals surface area contributed by atoms with E-state index in [9.17, 15) is 13.8 Å². The molecule has 1 rings (SSSR count). The van der Waals surface area contributed by atoms with Gasteiger partial charge in [0.15, 0.2) is 0 Å². The summed E-state index contributed by atoms with van der Waals surface area (Å²) in [5.74, 6) is -0.320. The van der Waals surface area contributed by atoms with Crippen LogP contribution in [0.5, 0.6) is 0 Å². The third-order valence-electron chi connectivity index (χ3n) is 2.48. The lowest BCUT2D eigenvalue weighted by atomic mass is 10.2. The van der Waals surface area contributed by atoms with E-state index in [1.807, 2.05) is 0 Å². The van der Waals surface area contributed by atoms with Crippen molar-refractivity contribution in [3.8, 4) is 0 Å². The maximum absolute atomic E-state index is 11.8. The van der Waals surface area contributed by atoms with Crippen molar-refractivity contribution in [2.24, 2.45) is 0 Å². The lowest BCUT2D eigenvalue weighted by Crippen LogP contribution is -2.14. The molecule has 0 aliphatic heterocycles. The van der Waals surface area contributed by atoms with Crippen LogP contribution < -0.4 is 0 Å². The molecule has 1 aromatic rings. The minimum absolute atomic E-state index is 0.0397. The van der Waals surface area contributed by atoms with Gasteiger partial charge in [-0.3, -0.25) is 13.8 Å². The highest BCUT2D eigenvalue weighted by atomic mass is 35.5. The predicted octanol–water partition coefficient (Wildman–Crippen LogP) is 2.50. The molecular weight excluding hydrogens is 300 g/mol. The van der Waals surface area contributed by atoms with Crippen LogP contribution in [0.2, 0.25) is 5.02 Å².